The smallest absolute Gasteiger partial charge is 0.249 e. The van der Waals surface area contributed by atoms with Crippen LogP contribution < -0.4 is 11.1 Å². The third-order valence-corrected chi connectivity index (χ3v) is 3.60. The molecular weight excluding hydrogens is 248 g/mol. The van der Waals surface area contributed by atoms with Gasteiger partial charge in [0.15, 0.2) is 0 Å². The Kier molecular flexibility index (Phi) is 3.78. The van der Waals surface area contributed by atoms with Gasteiger partial charge in [0, 0.05) is 42.2 Å². The lowest BCUT2D eigenvalue weighted by Crippen LogP contribution is -2.12. The van der Waals surface area contributed by atoms with Crippen LogP contribution >= 0.6 is 11.3 Å². The van der Waals surface area contributed by atoms with Gasteiger partial charge in [-0.2, -0.15) is 5.10 Å². The topological polar surface area (TPSA) is 72.9 Å². The minimum Gasteiger partial charge on any atom is -0.366 e. The van der Waals surface area contributed by atoms with Gasteiger partial charge in [0.1, 0.15) is 0 Å². The average molecular weight is 264 g/mol. The Bertz CT molecular complexity index is 558. The highest BCUT2D eigenvalue weighted by Gasteiger charge is 2.05. The molecule has 0 aliphatic carbocycles. The maximum absolute atomic E-state index is 11.0. The highest BCUT2D eigenvalue weighted by atomic mass is 32.1. The van der Waals surface area contributed by atoms with Crippen molar-refractivity contribution in [3.8, 4) is 0 Å². The van der Waals surface area contributed by atoms with E-state index in [0.717, 1.165) is 23.7 Å². The summed E-state index contributed by atoms with van der Waals surface area (Å²) in [7, 11) is 1.91. The molecule has 0 fully saturated rings. The summed E-state index contributed by atoms with van der Waals surface area (Å²) >= 11 is 1.54. The van der Waals surface area contributed by atoms with E-state index in [1.54, 1.807) is 5.38 Å². The molecule has 18 heavy (non-hydrogen) atoms. The van der Waals surface area contributed by atoms with Crippen molar-refractivity contribution in [1.29, 1.82) is 0 Å². The number of thiophene rings is 1. The van der Waals surface area contributed by atoms with Gasteiger partial charge in [-0.15, -0.1) is 11.3 Å². The number of rotatable bonds is 5. The Balaban J connectivity index is 1.88. The number of carbonyl (C=O) groups excluding carboxylic acids is 1. The second kappa shape index (κ2) is 5.32. The van der Waals surface area contributed by atoms with Crippen molar-refractivity contribution in [1.82, 2.24) is 15.1 Å². The standard InChI is InChI=1S/C12H16N4OS/c1-8-10(6-16(2)15-8)4-14-5-11-3-9(7-18-11)12(13)17/h3,6-7,14H,4-5H2,1-2H3,(H2,13,17). The van der Waals surface area contributed by atoms with E-state index in [4.69, 9.17) is 5.73 Å². The maximum atomic E-state index is 11.0. The largest absolute Gasteiger partial charge is 0.366 e. The first-order chi connectivity index (χ1) is 8.56. The summed E-state index contributed by atoms with van der Waals surface area (Å²) in [6, 6.07) is 1.83. The predicted molar refractivity (Wildman–Crippen MR) is 71.3 cm³/mol. The number of nitrogens with two attached hydrogens (primary N) is 1. The predicted octanol–water partition coefficient (Wildman–Crippen LogP) is 1.18. The average Bonchev–Trinajstić information content (AvgIpc) is 2.87. The molecule has 2 heterocycles. The van der Waals surface area contributed by atoms with Crippen molar-refractivity contribution >= 4 is 17.2 Å². The van der Waals surface area contributed by atoms with Crippen LogP contribution in [0, 0.1) is 6.92 Å². The Morgan fingerprint density at radius 1 is 1.56 bits per heavy atom. The second-order valence-electron chi connectivity index (χ2n) is 4.18. The molecule has 0 bridgehead atoms. The van der Waals surface area contributed by atoms with E-state index in [1.165, 1.54) is 16.9 Å². The van der Waals surface area contributed by atoms with Gasteiger partial charge in [-0.05, 0) is 13.0 Å². The quantitative estimate of drug-likeness (QED) is 0.851. The van der Waals surface area contributed by atoms with Gasteiger partial charge in [0.25, 0.3) is 0 Å². The number of hydrogen-bond acceptors (Lipinski definition) is 4. The lowest BCUT2D eigenvalue weighted by Gasteiger charge is -2.01. The zero-order chi connectivity index (χ0) is 13.1. The van der Waals surface area contributed by atoms with Crippen LogP contribution in [0.5, 0.6) is 0 Å². The summed E-state index contributed by atoms with van der Waals surface area (Å²) in [5.74, 6) is -0.374. The molecule has 0 spiro atoms. The Labute approximate surface area is 110 Å². The normalized spacial score (nSPS) is 10.8. The summed E-state index contributed by atoms with van der Waals surface area (Å²) in [4.78, 5) is 12.1. The molecule has 0 unspecified atom stereocenters. The molecule has 2 aromatic rings. The number of aryl methyl sites for hydroxylation is 2. The van der Waals surface area contributed by atoms with Gasteiger partial charge in [-0.25, -0.2) is 0 Å². The molecule has 6 heteroatoms. The van der Waals surface area contributed by atoms with E-state index >= 15 is 0 Å². The van der Waals surface area contributed by atoms with E-state index in [2.05, 4.69) is 10.4 Å². The molecule has 0 radical (unpaired) electrons. The van der Waals surface area contributed by atoms with Crippen molar-refractivity contribution in [3.05, 3.63) is 39.3 Å². The lowest BCUT2D eigenvalue weighted by atomic mass is 10.2. The Hall–Kier alpha value is -1.66. The molecular formula is C12H16N4OS. The van der Waals surface area contributed by atoms with Gasteiger partial charge in [0.05, 0.1) is 11.3 Å². The molecule has 0 aliphatic heterocycles. The fraction of sp³-hybridized carbons (Fsp3) is 0.333. The van der Waals surface area contributed by atoms with E-state index in [-0.39, 0.29) is 5.91 Å². The molecule has 0 saturated heterocycles. The molecule has 1 amide bonds. The van der Waals surface area contributed by atoms with Gasteiger partial charge in [-0.3, -0.25) is 9.48 Å². The highest BCUT2D eigenvalue weighted by Crippen LogP contribution is 2.14. The van der Waals surface area contributed by atoms with Gasteiger partial charge in [0.2, 0.25) is 5.91 Å². The Morgan fingerprint density at radius 3 is 2.89 bits per heavy atom. The van der Waals surface area contributed by atoms with E-state index < -0.39 is 0 Å². The van der Waals surface area contributed by atoms with E-state index in [9.17, 15) is 4.79 Å². The molecule has 0 saturated carbocycles. The molecule has 2 rings (SSSR count). The van der Waals surface area contributed by atoms with Crippen LogP contribution in [0.15, 0.2) is 17.6 Å². The third kappa shape index (κ3) is 2.96. The maximum Gasteiger partial charge on any atom is 0.249 e. The first kappa shape index (κ1) is 12.8. The zero-order valence-corrected chi connectivity index (χ0v) is 11.3. The van der Waals surface area contributed by atoms with E-state index in [0.29, 0.717) is 5.56 Å². The van der Waals surface area contributed by atoms with Crippen LogP contribution in [0.3, 0.4) is 0 Å². The third-order valence-electron chi connectivity index (χ3n) is 2.67. The SMILES string of the molecule is Cc1nn(C)cc1CNCc1cc(C(N)=O)cs1. The van der Waals surface area contributed by atoms with Gasteiger partial charge < -0.3 is 11.1 Å². The van der Waals surface area contributed by atoms with Crippen LogP contribution in [-0.2, 0) is 20.1 Å². The fourth-order valence-corrected chi connectivity index (χ4v) is 2.59. The number of nitrogens with one attached hydrogen (secondary N) is 1. The first-order valence-corrected chi connectivity index (χ1v) is 6.51. The number of carbonyl (C=O) groups is 1. The van der Waals surface area contributed by atoms with Crippen LogP contribution in [0.2, 0.25) is 0 Å². The van der Waals surface area contributed by atoms with Crippen LogP contribution in [0.4, 0.5) is 0 Å². The molecule has 0 aliphatic rings. The number of primary amides is 1. The number of aromatic nitrogens is 2. The van der Waals surface area contributed by atoms with Crippen LogP contribution in [0.25, 0.3) is 0 Å². The molecule has 96 valence electrons. The van der Waals surface area contributed by atoms with Crippen molar-refractivity contribution in [2.24, 2.45) is 12.8 Å². The summed E-state index contributed by atoms with van der Waals surface area (Å²) in [6.45, 7) is 3.49. The van der Waals surface area contributed by atoms with E-state index in [1.807, 2.05) is 30.9 Å². The summed E-state index contributed by atoms with van der Waals surface area (Å²) in [5.41, 5.74) is 8.00. The summed E-state index contributed by atoms with van der Waals surface area (Å²) in [5, 5.41) is 9.40. The number of nitrogens with zero attached hydrogens (tertiary/aromatic N) is 2. The van der Waals surface area contributed by atoms with Crippen molar-refractivity contribution in [2.75, 3.05) is 0 Å². The first-order valence-electron chi connectivity index (χ1n) is 5.63. The Morgan fingerprint density at radius 2 is 2.33 bits per heavy atom. The summed E-state index contributed by atoms with van der Waals surface area (Å²) in [6.07, 6.45) is 2.01. The molecule has 5 nitrogen and oxygen atoms in total. The zero-order valence-electron chi connectivity index (χ0n) is 10.4. The van der Waals surface area contributed by atoms with Gasteiger partial charge >= 0.3 is 0 Å². The highest BCUT2D eigenvalue weighted by molar-refractivity contribution is 7.10. The number of hydrogen-bond donors (Lipinski definition) is 2. The minimum atomic E-state index is -0.374. The summed E-state index contributed by atoms with van der Waals surface area (Å²) < 4.78 is 1.81. The van der Waals surface area contributed by atoms with Crippen molar-refractivity contribution in [3.63, 3.8) is 0 Å². The lowest BCUT2D eigenvalue weighted by molar-refractivity contribution is 0.100. The second-order valence-corrected chi connectivity index (χ2v) is 5.18. The van der Waals surface area contributed by atoms with Gasteiger partial charge in [-0.1, -0.05) is 0 Å². The molecule has 0 aromatic carbocycles. The fourth-order valence-electron chi connectivity index (χ4n) is 1.75. The number of amides is 1. The molecule has 3 N–H and O–H groups in total. The molecule has 0 atom stereocenters. The molecule has 2 aromatic heterocycles. The van der Waals surface area contributed by atoms with Crippen LogP contribution in [-0.4, -0.2) is 15.7 Å². The van der Waals surface area contributed by atoms with Crippen molar-refractivity contribution in [2.45, 2.75) is 20.0 Å². The monoisotopic (exact) mass is 264 g/mol. The van der Waals surface area contributed by atoms with Crippen molar-refractivity contribution < 1.29 is 4.79 Å². The van der Waals surface area contributed by atoms with Crippen LogP contribution in [0.1, 0.15) is 26.5 Å². The minimum absolute atomic E-state index is 0.374.